The third-order valence-corrected chi connectivity index (χ3v) is 2.83. The lowest BCUT2D eigenvalue weighted by molar-refractivity contribution is 0.0886. The average molecular weight is 236 g/mol. The lowest BCUT2D eigenvalue weighted by atomic mass is 10.0. The van der Waals surface area contributed by atoms with E-state index in [-0.39, 0.29) is 6.04 Å². The van der Waals surface area contributed by atoms with Gasteiger partial charge in [0.05, 0.1) is 5.60 Å². The highest BCUT2D eigenvalue weighted by atomic mass is 16.3. The van der Waals surface area contributed by atoms with Crippen LogP contribution < -0.4 is 10.6 Å². The maximum atomic E-state index is 9.77. The summed E-state index contributed by atoms with van der Waals surface area (Å²) in [6.07, 6.45) is 0.943. The second-order valence-electron chi connectivity index (χ2n) is 5.27. The van der Waals surface area contributed by atoms with Crippen molar-refractivity contribution < 1.29 is 5.11 Å². The Morgan fingerprint density at radius 2 is 1.82 bits per heavy atom. The quantitative estimate of drug-likeness (QED) is 0.824. The van der Waals surface area contributed by atoms with Crippen molar-refractivity contribution in [2.24, 2.45) is 5.73 Å². The molecule has 0 aliphatic rings. The third-order valence-electron chi connectivity index (χ3n) is 2.83. The van der Waals surface area contributed by atoms with Crippen LogP contribution >= 0.6 is 0 Å². The minimum Gasteiger partial charge on any atom is -0.389 e. The number of hydrogen-bond donors (Lipinski definition) is 2. The number of benzene rings is 1. The van der Waals surface area contributed by atoms with E-state index in [0.29, 0.717) is 6.54 Å². The minimum absolute atomic E-state index is 0.114. The van der Waals surface area contributed by atoms with E-state index in [1.165, 1.54) is 0 Å². The first-order valence-electron chi connectivity index (χ1n) is 6.12. The van der Waals surface area contributed by atoms with Crippen molar-refractivity contribution >= 4 is 5.69 Å². The predicted molar refractivity (Wildman–Crippen MR) is 73.2 cm³/mol. The summed E-state index contributed by atoms with van der Waals surface area (Å²) in [4.78, 5) is 2.04. The topological polar surface area (TPSA) is 49.5 Å². The van der Waals surface area contributed by atoms with Gasteiger partial charge >= 0.3 is 0 Å². The van der Waals surface area contributed by atoms with Crippen molar-refractivity contribution in [2.75, 3.05) is 18.5 Å². The number of likely N-dealkylation sites (N-methyl/N-ethyl adjacent to an activating group) is 1. The molecule has 96 valence electrons. The first-order chi connectivity index (χ1) is 7.83. The van der Waals surface area contributed by atoms with Crippen LogP contribution in [0.15, 0.2) is 24.3 Å². The molecule has 1 aromatic carbocycles. The van der Waals surface area contributed by atoms with E-state index < -0.39 is 5.60 Å². The van der Waals surface area contributed by atoms with Crippen molar-refractivity contribution in [2.45, 2.75) is 38.8 Å². The highest BCUT2D eigenvalue weighted by Gasteiger charge is 2.16. The van der Waals surface area contributed by atoms with Crippen LogP contribution in [-0.2, 0) is 0 Å². The van der Waals surface area contributed by atoms with Crippen LogP contribution in [0.25, 0.3) is 0 Å². The Morgan fingerprint density at radius 1 is 1.29 bits per heavy atom. The van der Waals surface area contributed by atoms with Gasteiger partial charge in [0.1, 0.15) is 0 Å². The highest BCUT2D eigenvalue weighted by Crippen LogP contribution is 2.20. The van der Waals surface area contributed by atoms with Crippen LogP contribution in [0, 0.1) is 0 Å². The van der Waals surface area contributed by atoms with Gasteiger partial charge in [0.2, 0.25) is 0 Å². The Bertz CT molecular complexity index is 340. The van der Waals surface area contributed by atoms with Gasteiger partial charge in [-0.2, -0.15) is 0 Å². The minimum atomic E-state index is -0.687. The monoisotopic (exact) mass is 236 g/mol. The van der Waals surface area contributed by atoms with Gasteiger partial charge < -0.3 is 15.7 Å². The Morgan fingerprint density at radius 3 is 2.24 bits per heavy atom. The maximum Gasteiger partial charge on any atom is 0.0765 e. The summed E-state index contributed by atoms with van der Waals surface area (Å²) in [5.74, 6) is 0. The summed E-state index contributed by atoms with van der Waals surface area (Å²) in [6.45, 7) is 6.31. The van der Waals surface area contributed by atoms with Gasteiger partial charge in [0.15, 0.2) is 0 Å². The van der Waals surface area contributed by atoms with Crippen molar-refractivity contribution in [1.29, 1.82) is 0 Å². The Kier molecular flexibility index (Phi) is 4.54. The summed E-state index contributed by atoms with van der Waals surface area (Å²) in [5.41, 5.74) is 7.54. The van der Waals surface area contributed by atoms with Gasteiger partial charge in [-0.1, -0.05) is 19.1 Å². The highest BCUT2D eigenvalue weighted by molar-refractivity contribution is 5.47. The number of nitrogens with zero attached hydrogens (tertiary/aromatic N) is 1. The Hall–Kier alpha value is -1.06. The SMILES string of the molecule is CCC(N)c1ccc(N(C)CC(C)(C)O)cc1. The second kappa shape index (κ2) is 5.52. The number of aliphatic hydroxyl groups is 1. The summed E-state index contributed by atoms with van der Waals surface area (Å²) in [5, 5.41) is 9.77. The molecule has 0 fully saturated rings. The van der Waals surface area contributed by atoms with Gasteiger partial charge in [-0.25, -0.2) is 0 Å². The van der Waals surface area contributed by atoms with Crippen LogP contribution in [-0.4, -0.2) is 24.3 Å². The maximum absolute atomic E-state index is 9.77. The zero-order valence-corrected chi connectivity index (χ0v) is 11.3. The van der Waals surface area contributed by atoms with Crippen LogP contribution in [0.1, 0.15) is 38.8 Å². The van der Waals surface area contributed by atoms with Crippen molar-refractivity contribution in [3.8, 4) is 0 Å². The summed E-state index contributed by atoms with van der Waals surface area (Å²) in [6, 6.07) is 8.34. The fourth-order valence-electron chi connectivity index (χ4n) is 1.88. The molecule has 1 atom stereocenters. The molecule has 0 saturated heterocycles. The Labute approximate surface area is 104 Å². The summed E-state index contributed by atoms with van der Waals surface area (Å²) < 4.78 is 0. The molecular weight excluding hydrogens is 212 g/mol. The molecule has 0 bridgehead atoms. The molecule has 3 nitrogen and oxygen atoms in total. The lowest BCUT2D eigenvalue weighted by Gasteiger charge is -2.27. The van der Waals surface area contributed by atoms with Crippen molar-refractivity contribution in [1.82, 2.24) is 0 Å². The third kappa shape index (κ3) is 4.36. The number of nitrogens with two attached hydrogens (primary N) is 1. The van der Waals surface area contributed by atoms with Crippen LogP contribution in [0.4, 0.5) is 5.69 Å². The van der Waals surface area contributed by atoms with E-state index in [0.717, 1.165) is 17.7 Å². The zero-order valence-electron chi connectivity index (χ0n) is 11.3. The molecule has 0 aliphatic heterocycles. The molecule has 17 heavy (non-hydrogen) atoms. The van der Waals surface area contributed by atoms with Gasteiger partial charge in [-0.05, 0) is 38.0 Å². The fourth-order valence-corrected chi connectivity index (χ4v) is 1.88. The molecular formula is C14H24N2O. The molecule has 0 heterocycles. The van der Waals surface area contributed by atoms with E-state index in [1.807, 2.05) is 25.8 Å². The average Bonchev–Trinajstić information content (AvgIpc) is 2.26. The first-order valence-corrected chi connectivity index (χ1v) is 6.12. The van der Waals surface area contributed by atoms with Crippen molar-refractivity contribution in [3.63, 3.8) is 0 Å². The number of anilines is 1. The van der Waals surface area contributed by atoms with E-state index in [2.05, 4.69) is 31.2 Å². The molecule has 0 radical (unpaired) electrons. The smallest absolute Gasteiger partial charge is 0.0765 e. The van der Waals surface area contributed by atoms with Gasteiger partial charge in [-0.3, -0.25) is 0 Å². The van der Waals surface area contributed by atoms with E-state index >= 15 is 0 Å². The molecule has 3 N–H and O–H groups in total. The van der Waals surface area contributed by atoms with E-state index in [9.17, 15) is 5.11 Å². The number of rotatable bonds is 5. The summed E-state index contributed by atoms with van der Waals surface area (Å²) in [7, 11) is 1.98. The molecule has 1 unspecified atom stereocenters. The Balaban J connectivity index is 2.74. The molecule has 0 aromatic heterocycles. The molecule has 0 saturated carbocycles. The molecule has 3 heteroatoms. The molecule has 0 spiro atoms. The largest absolute Gasteiger partial charge is 0.389 e. The van der Waals surface area contributed by atoms with Gasteiger partial charge in [-0.15, -0.1) is 0 Å². The van der Waals surface area contributed by atoms with Gasteiger partial charge in [0, 0.05) is 25.3 Å². The molecule has 0 amide bonds. The number of hydrogen-bond acceptors (Lipinski definition) is 3. The van der Waals surface area contributed by atoms with Crippen LogP contribution in [0.5, 0.6) is 0 Å². The van der Waals surface area contributed by atoms with Crippen molar-refractivity contribution in [3.05, 3.63) is 29.8 Å². The van der Waals surface area contributed by atoms with Crippen LogP contribution in [0.2, 0.25) is 0 Å². The fraction of sp³-hybridized carbons (Fsp3) is 0.571. The zero-order chi connectivity index (χ0) is 13.1. The molecule has 1 rings (SSSR count). The lowest BCUT2D eigenvalue weighted by Crippen LogP contribution is -2.36. The van der Waals surface area contributed by atoms with Gasteiger partial charge in [0.25, 0.3) is 0 Å². The normalized spacial score (nSPS) is 13.5. The van der Waals surface area contributed by atoms with Crippen LogP contribution in [0.3, 0.4) is 0 Å². The summed E-state index contributed by atoms with van der Waals surface area (Å²) >= 11 is 0. The van der Waals surface area contributed by atoms with E-state index in [4.69, 9.17) is 5.73 Å². The molecule has 1 aromatic rings. The second-order valence-corrected chi connectivity index (χ2v) is 5.27. The first kappa shape index (κ1) is 14.0. The van der Waals surface area contributed by atoms with E-state index in [1.54, 1.807) is 0 Å². The molecule has 0 aliphatic carbocycles. The standard InChI is InChI=1S/C14H24N2O/c1-5-13(15)11-6-8-12(9-7-11)16(4)10-14(2,3)17/h6-9,13,17H,5,10,15H2,1-4H3. The predicted octanol–water partition coefficient (Wildman–Crippen LogP) is 2.30.